The molecule has 0 aromatic carbocycles. The first kappa shape index (κ1) is 9.93. The molecule has 0 bridgehead atoms. The minimum Gasteiger partial charge on any atom is -0.480 e. The Balaban J connectivity index is 1.98. The summed E-state index contributed by atoms with van der Waals surface area (Å²) in [7, 11) is 0. The molecule has 1 aliphatic heterocycles. The molecular weight excluding hydrogens is 182 g/mol. The highest BCUT2D eigenvalue weighted by molar-refractivity contribution is 5.69. The summed E-state index contributed by atoms with van der Waals surface area (Å²) in [5.74, 6) is -0.726. The zero-order chi connectivity index (χ0) is 10.1. The summed E-state index contributed by atoms with van der Waals surface area (Å²) in [5, 5.41) is 8.82. The largest absolute Gasteiger partial charge is 0.480 e. The van der Waals surface area contributed by atoms with E-state index in [0.717, 1.165) is 25.9 Å². The van der Waals surface area contributed by atoms with Crippen LogP contribution in [0.15, 0.2) is 0 Å². The number of hydrogen-bond donors (Lipinski definition) is 1. The van der Waals surface area contributed by atoms with Gasteiger partial charge in [0.15, 0.2) is 0 Å². The van der Waals surface area contributed by atoms with E-state index in [2.05, 4.69) is 4.90 Å². The van der Waals surface area contributed by atoms with Gasteiger partial charge in [0, 0.05) is 18.7 Å². The Hall–Kier alpha value is -0.610. The Labute approximate surface area is 83.8 Å². The Kier molecular flexibility index (Phi) is 2.74. The van der Waals surface area contributed by atoms with Crippen molar-refractivity contribution < 1.29 is 14.6 Å². The summed E-state index contributed by atoms with van der Waals surface area (Å²) in [6, 6.07) is 0.818. The van der Waals surface area contributed by atoms with E-state index in [9.17, 15) is 4.79 Å². The third-order valence-corrected chi connectivity index (χ3v) is 3.10. The maximum Gasteiger partial charge on any atom is 0.317 e. The molecule has 1 aliphatic carbocycles. The first-order valence-corrected chi connectivity index (χ1v) is 5.27. The zero-order valence-corrected chi connectivity index (χ0v) is 8.48. The SMILES string of the molecule is CC1OCCC1N(CC(=O)O)C1CC1. The van der Waals surface area contributed by atoms with E-state index in [1.807, 2.05) is 6.92 Å². The molecule has 0 aromatic heterocycles. The van der Waals surface area contributed by atoms with Crippen LogP contribution in [0.25, 0.3) is 0 Å². The van der Waals surface area contributed by atoms with Crippen molar-refractivity contribution in [3.8, 4) is 0 Å². The van der Waals surface area contributed by atoms with E-state index in [1.54, 1.807) is 0 Å². The minimum atomic E-state index is -0.726. The van der Waals surface area contributed by atoms with Crippen LogP contribution in [-0.4, -0.2) is 47.3 Å². The van der Waals surface area contributed by atoms with Gasteiger partial charge < -0.3 is 9.84 Å². The highest BCUT2D eigenvalue weighted by Gasteiger charge is 2.39. The van der Waals surface area contributed by atoms with E-state index in [-0.39, 0.29) is 12.6 Å². The van der Waals surface area contributed by atoms with Crippen LogP contribution < -0.4 is 0 Å². The molecule has 2 rings (SSSR count). The number of hydrogen-bond acceptors (Lipinski definition) is 3. The van der Waals surface area contributed by atoms with Crippen molar-refractivity contribution in [1.82, 2.24) is 4.90 Å². The predicted octanol–water partition coefficient (Wildman–Crippen LogP) is 0.713. The van der Waals surface area contributed by atoms with Gasteiger partial charge >= 0.3 is 5.97 Å². The summed E-state index contributed by atoms with van der Waals surface area (Å²) >= 11 is 0. The Morgan fingerprint density at radius 3 is 2.64 bits per heavy atom. The molecule has 14 heavy (non-hydrogen) atoms. The smallest absolute Gasteiger partial charge is 0.317 e. The molecule has 2 unspecified atom stereocenters. The summed E-state index contributed by atoms with van der Waals surface area (Å²) in [6.45, 7) is 2.98. The van der Waals surface area contributed by atoms with Crippen LogP contribution >= 0.6 is 0 Å². The quantitative estimate of drug-likeness (QED) is 0.724. The summed E-state index contributed by atoms with van der Waals surface area (Å²) < 4.78 is 5.47. The molecule has 1 heterocycles. The fourth-order valence-electron chi connectivity index (χ4n) is 2.24. The topological polar surface area (TPSA) is 49.8 Å². The summed E-state index contributed by atoms with van der Waals surface area (Å²) in [6.07, 6.45) is 3.47. The van der Waals surface area contributed by atoms with E-state index in [0.29, 0.717) is 12.1 Å². The van der Waals surface area contributed by atoms with Gasteiger partial charge in [0.25, 0.3) is 0 Å². The monoisotopic (exact) mass is 199 g/mol. The molecule has 4 nitrogen and oxygen atoms in total. The molecule has 0 aromatic rings. The van der Waals surface area contributed by atoms with Gasteiger partial charge in [-0.1, -0.05) is 0 Å². The van der Waals surface area contributed by atoms with Gasteiger partial charge in [0.05, 0.1) is 12.6 Å². The van der Waals surface area contributed by atoms with Gasteiger partial charge in [-0.2, -0.15) is 0 Å². The van der Waals surface area contributed by atoms with E-state index >= 15 is 0 Å². The lowest BCUT2D eigenvalue weighted by Gasteiger charge is -2.29. The molecule has 1 N–H and O–H groups in total. The number of aliphatic carboxylic acids is 1. The predicted molar refractivity (Wildman–Crippen MR) is 51.2 cm³/mol. The van der Waals surface area contributed by atoms with Crippen LogP contribution in [0.1, 0.15) is 26.2 Å². The molecule has 2 aliphatic rings. The number of carboxylic acid groups (broad SMARTS) is 1. The van der Waals surface area contributed by atoms with Gasteiger partial charge in [-0.3, -0.25) is 9.69 Å². The van der Waals surface area contributed by atoms with Gasteiger partial charge in [-0.05, 0) is 26.2 Å². The molecule has 0 amide bonds. The van der Waals surface area contributed by atoms with Crippen LogP contribution in [0.2, 0.25) is 0 Å². The molecule has 4 heteroatoms. The van der Waals surface area contributed by atoms with Crippen LogP contribution in [0.5, 0.6) is 0 Å². The maximum atomic E-state index is 10.7. The molecular formula is C10H17NO3. The molecule has 0 spiro atoms. The zero-order valence-electron chi connectivity index (χ0n) is 8.48. The van der Waals surface area contributed by atoms with Crippen LogP contribution in [0, 0.1) is 0 Å². The molecule has 80 valence electrons. The highest BCUT2D eigenvalue weighted by atomic mass is 16.5. The second kappa shape index (κ2) is 3.87. The van der Waals surface area contributed by atoms with Crippen LogP contribution in [0.3, 0.4) is 0 Å². The second-order valence-corrected chi connectivity index (χ2v) is 4.23. The Morgan fingerprint density at radius 1 is 1.50 bits per heavy atom. The summed E-state index contributed by atoms with van der Waals surface area (Å²) in [4.78, 5) is 12.8. The van der Waals surface area contributed by atoms with Gasteiger partial charge in [-0.15, -0.1) is 0 Å². The first-order chi connectivity index (χ1) is 6.68. The highest BCUT2D eigenvalue weighted by Crippen LogP contribution is 2.32. The second-order valence-electron chi connectivity index (χ2n) is 4.23. The third kappa shape index (κ3) is 2.07. The molecule has 2 atom stereocenters. The van der Waals surface area contributed by atoms with Crippen molar-refractivity contribution in [2.75, 3.05) is 13.2 Å². The van der Waals surface area contributed by atoms with Crippen molar-refractivity contribution in [2.24, 2.45) is 0 Å². The first-order valence-electron chi connectivity index (χ1n) is 5.27. The number of ether oxygens (including phenoxy) is 1. The number of carboxylic acids is 1. The normalized spacial score (nSPS) is 32.4. The molecule has 1 saturated heterocycles. The summed E-state index contributed by atoms with van der Waals surface area (Å²) in [5.41, 5.74) is 0. The molecule has 0 radical (unpaired) electrons. The lowest BCUT2D eigenvalue weighted by Crippen LogP contribution is -2.44. The molecule has 1 saturated carbocycles. The van der Waals surface area contributed by atoms with Crippen molar-refractivity contribution >= 4 is 5.97 Å². The van der Waals surface area contributed by atoms with Crippen molar-refractivity contribution in [3.05, 3.63) is 0 Å². The number of carbonyl (C=O) groups is 1. The number of rotatable bonds is 4. The van der Waals surface area contributed by atoms with Gasteiger partial charge in [0.1, 0.15) is 0 Å². The minimum absolute atomic E-state index is 0.170. The third-order valence-electron chi connectivity index (χ3n) is 3.10. The number of nitrogens with zero attached hydrogens (tertiary/aromatic N) is 1. The van der Waals surface area contributed by atoms with E-state index in [4.69, 9.17) is 9.84 Å². The van der Waals surface area contributed by atoms with Crippen LogP contribution in [0.4, 0.5) is 0 Å². The standard InChI is InChI=1S/C10H17NO3/c1-7-9(4-5-14-7)11(6-10(12)13)8-2-3-8/h7-9H,2-6H2,1H3,(H,12,13). The van der Waals surface area contributed by atoms with E-state index < -0.39 is 5.97 Å². The lowest BCUT2D eigenvalue weighted by molar-refractivity contribution is -0.139. The Morgan fingerprint density at radius 2 is 2.21 bits per heavy atom. The average molecular weight is 199 g/mol. The molecule has 2 fully saturated rings. The van der Waals surface area contributed by atoms with Gasteiger partial charge in [-0.25, -0.2) is 0 Å². The van der Waals surface area contributed by atoms with Crippen molar-refractivity contribution in [2.45, 2.75) is 44.4 Å². The van der Waals surface area contributed by atoms with Crippen molar-refractivity contribution in [1.29, 1.82) is 0 Å². The maximum absolute atomic E-state index is 10.7. The fraction of sp³-hybridized carbons (Fsp3) is 0.900. The lowest BCUT2D eigenvalue weighted by atomic mass is 10.1. The van der Waals surface area contributed by atoms with Crippen LogP contribution in [-0.2, 0) is 9.53 Å². The fourth-order valence-corrected chi connectivity index (χ4v) is 2.24. The Bertz CT molecular complexity index is 227. The van der Waals surface area contributed by atoms with E-state index in [1.165, 1.54) is 0 Å². The van der Waals surface area contributed by atoms with Gasteiger partial charge in [0.2, 0.25) is 0 Å². The average Bonchev–Trinajstić information content (AvgIpc) is 2.86. The van der Waals surface area contributed by atoms with Crippen molar-refractivity contribution in [3.63, 3.8) is 0 Å².